The van der Waals surface area contributed by atoms with E-state index in [1.165, 1.54) is 11.8 Å². The van der Waals surface area contributed by atoms with E-state index in [2.05, 4.69) is 22.4 Å². The molecule has 2 N–H and O–H groups in total. The van der Waals surface area contributed by atoms with E-state index in [1.54, 1.807) is 12.1 Å². The van der Waals surface area contributed by atoms with E-state index in [1.807, 2.05) is 18.2 Å². The summed E-state index contributed by atoms with van der Waals surface area (Å²) in [6.45, 7) is 0.911. The van der Waals surface area contributed by atoms with Crippen LogP contribution in [0.2, 0.25) is 0 Å². The molecule has 3 rings (SSSR count). The van der Waals surface area contributed by atoms with Gasteiger partial charge in [-0.25, -0.2) is 4.98 Å². The van der Waals surface area contributed by atoms with Gasteiger partial charge < -0.3 is 15.2 Å². The summed E-state index contributed by atoms with van der Waals surface area (Å²) in [5, 5.41) is 22.0. The lowest BCUT2D eigenvalue weighted by Gasteiger charge is -2.26. The highest BCUT2D eigenvalue weighted by atomic mass is 16.5. The van der Waals surface area contributed by atoms with Crippen molar-refractivity contribution >= 4 is 0 Å². The third-order valence-corrected chi connectivity index (χ3v) is 4.50. The van der Waals surface area contributed by atoms with Crippen LogP contribution in [-0.2, 0) is 6.42 Å². The molecule has 2 aromatic rings. The quantitative estimate of drug-likeness (QED) is 0.846. The average molecular weight is 337 g/mol. The molecule has 2 atom stereocenters. The smallest absolute Gasteiger partial charge is 0.219 e. The molecule has 1 aromatic carbocycles. The molecule has 25 heavy (non-hydrogen) atoms. The number of nitrogens with zero attached hydrogens (tertiary/aromatic N) is 2. The molecule has 1 heterocycles. The third kappa shape index (κ3) is 5.28. The highest BCUT2D eigenvalue weighted by molar-refractivity contribution is 5.33. The van der Waals surface area contributed by atoms with Crippen LogP contribution in [0.5, 0.6) is 11.6 Å². The van der Waals surface area contributed by atoms with Crippen molar-refractivity contribution in [3.05, 3.63) is 53.7 Å². The zero-order chi connectivity index (χ0) is 17.5. The van der Waals surface area contributed by atoms with E-state index in [9.17, 15) is 5.11 Å². The molecule has 130 valence electrons. The molecular formula is C20H23N3O2. The standard InChI is InChI=1S/C20H23N3O2/c21-13-16-6-9-20(23-14-16)25-19-7-4-15(5-8-19)10-11-22-17-2-1-3-18(24)12-17/h4-9,14,17-18,22,24H,1-3,10-12H2. The fraction of sp³-hybridized carbons (Fsp3) is 0.400. The first-order valence-electron chi connectivity index (χ1n) is 8.77. The van der Waals surface area contributed by atoms with Crippen LogP contribution in [0.1, 0.15) is 36.8 Å². The topological polar surface area (TPSA) is 78.2 Å². The van der Waals surface area contributed by atoms with Crippen LogP contribution >= 0.6 is 0 Å². The van der Waals surface area contributed by atoms with Gasteiger partial charge in [-0.1, -0.05) is 12.1 Å². The fourth-order valence-corrected chi connectivity index (χ4v) is 3.12. The fourth-order valence-electron chi connectivity index (χ4n) is 3.12. The van der Waals surface area contributed by atoms with E-state index in [0.717, 1.165) is 44.4 Å². The Kier molecular flexibility index (Phi) is 5.99. The Hall–Kier alpha value is -2.42. The number of hydrogen-bond donors (Lipinski definition) is 2. The summed E-state index contributed by atoms with van der Waals surface area (Å²) in [5.41, 5.74) is 1.75. The summed E-state index contributed by atoms with van der Waals surface area (Å²) in [5.74, 6) is 1.20. The summed E-state index contributed by atoms with van der Waals surface area (Å²) < 4.78 is 5.68. The van der Waals surface area contributed by atoms with Gasteiger partial charge in [0.25, 0.3) is 0 Å². The van der Waals surface area contributed by atoms with Crippen LogP contribution in [0.25, 0.3) is 0 Å². The summed E-state index contributed by atoms with van der Waals surface area (Å²) in [7, 11) is 0. The Morgan fingerprint density at radius 3 is 2.72 bits per heavy atom. The van der Waals surface area contributed by atoms with Gasteiger partial charge in [-0.3, -0.25) is 0 Å². The van der Waals surface area contributed by atoms with Crippen molar-refractivity contribution in [3.63, 3.8) is 0 Å². The molecule has 1 aromatic heterocycles. The van der Waals surface area contributed by atoms with Crippen molar-refractivity contribution in [1.82, 2.24) is 10.3 Å². The number of hydrogen-bond acceptors (Lipinski definition) is 5. The van der Waals surface area contributed by atoms with Crippen LogP contribution in [0, 0.1) is 11.3 Å². The number of rotatable bonds is 6. The van der Waals surface area contributed by atoms with Crippen molar-refractivity contribution in [3.8, 4) is 17.7 Å². The molecule has 1 aliphatic rings. The number of benzene rings is 1. The van der Waals surface area contributed by atoms with Gasteiger partial charge in [-0.05, 0) is 62.4 Å². The number of aliphatic hydroxyl groups is 1. The normalized spacial score (nSPS) is 20.0. The SMILES string of the molecule is N#Cc1ccc(Oc2ccc(CCNC3CCCC(O)C3)cc2)nc1. The zero-order valence-corrected chi connectivity index (χ0v) is 14.2. The molecule has 0 bridgehead atoms. The van der Waals surface area contributed by atoms with E-state index in [-0.39, 0.29) is 6.10 Å². The lowest BCUT2D eigenvalue weighted by Crippen LogP contribution is -2.37. The molecule has 5 heteroatoms. The van der Waals surface area contributed by atoms with E-state index in [0.29, 0.717) is 17.5 Å². The maximum absolute atomic E-state index is 9.70. The van der Waals surface area contributed by atoms with Gasteiger partial charge in [0.15, 0.2) is 0 Å². The van der Waals surface area contributed by atoms with Crippen molar-refractivity contribution in [2.24, 2.45) is 0 Å². The second-order valence-corrected chi connectivity index (χ2v) is 6.46. The van der Waals surface area contributed by atoms with Crippen molar-refractivity contribution < 1.29 is 9.84 Å². The molecule has 0 radical (unpaired) electrons. The number of aromatic nitrogens is 1. The Balaban J connectivity index is 1.46. The summed E-state index contributed by atoms with van der Waals surface area (Å²) in [4.78, 5) is 4.10. The molecule has 0 aliphatic heterocycles. The van der Waals surface area contributed by atoms with E-state index in [4.69, 9.17) is 10.00 Å². The summed E-state index contributed by atoms with van der Waals surface area (Å²) in [6.07, 6.45) is 6.37. The van der Waals surface area contributed by atoms with Crippen molar-refractivity contribution in [1.29, 1.82) is 5.26 Å². The first-order valence-corrected chi connectivity index (χ1v) is 8.77. The highest BCUT2D eigenvalue weighted by Crippen LogP contribution is 2.21. The predicted molar refractivity (Wildman–Crippen MR) is 95.4 cm³/mol. The molecule has 1 saturated carbocycles. The second-order valence-electron chi connectivity index (χ2n) is 6.46. The molecule has 2 unspecified atom stereocenters. The molecule has 0 spiro atoms. The Labute approximate surface area is 148 Å². The highest BCUT2D eigenvalue weighted by Gasteiger charge is 2.19. The molecule has 5 nitrogen and oxygen atoms in total. The first-order chi connectivity index (χ1) is 12.2. The Morgan fingerprint density at radius 1 is 1.20 bits per heavy atom. The van der Waals surface area contributed by atoms with Crippen LogP contribution in [-0.4, -0.2) is 28.8 Å². The van der Waals surface area contributed by atoms with Gasteiger partial charge in [0, 0.05) is 18.3 Å². The molecule has 1 aliphatic carbocycles. The number of pyridine rings is 1. The van der Waals surface area contributed by atoms with Crippen LogP contribution in [0.15, 0.2) is 42.6 Å². The van der Waals surface area contributed by atoms with Crippen LogP contribution < -0.4 is 10.1 Å². The minimum absolute atomic E-state index is 0.140. The minimum atomic E-state index is -0.140. The van der Waals surface area contributed by atoms with Crippen molar-refractivity contribution in [2.45, 2.75) is 44.2 Å². The van der Waals surface area contributed by atoms with E-state index < -0.39 is 0 Å². The summed E-state index contributed by atoms with van der Waals surface area (Å²) >= 11 is 0. The maximum Gasteiger partial charge on any atom is 0.219 e. The number of nitrogens with one attached hydrogen (secondary N) is 1. The minimum Gasteiger partial charge on any atom is -0.439 e. The average Bonchev–Trinajstić information content (AvgIpc) is 2.64. The Morgan fingerprint density at radius 2 is 2.04 bits per heavy atom. The monoisotopic (exact) mass is 337 g/mol. The second kappa shape index (κ2) is 8.61. The lowest BCUT2D eigenvalue weighted by atomic mass is 9.93. The van der Waals surface area contributed by atoms with Gasteiger partial charge in [0.05, 0.1) is 11.7 Å². The number of ether oxygens (including phenoxy) is 1. The number of aliphatic hydroxyl groups excluding tert-OH is 1. The molecule has 0 saturated heterocycles. The van der Waals surface area contributed by atoms with Gasteiger partial charge >= 0.3 is 0 Å². The molecule has 1 fully saturated rings. The van der Waals surface area contributed by atoms with Gasteiger partial charge in [-0.2, -0.15) is 5.26 Å². The number of nitriles is 1. The molecule has 0 amide bonds. The van der Waals surface area contributed by atoms with Crippen LogP contribution in [0.4, 0.5) is 0 Å². The predicted octanol–water partition coefficient (Wildman–Crippen LogP) is 3.18. The third-order valence-electron chi connectivity index (χ3n) is 4.50. The van der Waals surface area contributed by atoms with Gasteiger partial charge in [0.1, 0.15) is 11.8 Å². The first kappa shape index (κ1) is 17.4. The summed E-state index contributed by atoms with van der Waals surface area (Å²) in [6, 6.07) is 13.8. The van der Waals surface area contributed by atoms with Gasteiger partial charge in [0.2, 0.25) is 5.88 Å². The van der Waals surface area contributed by atoms with Crippen LogP contribution in [0.3, 0.4) is 0 Å². The lowest BCUT2D eigenvalue weighted by molar-refractivity contribution is 0.112. The maximum atomic E-state index is 9.70. The Bertz CT molecular complexity index is 707. The van der Waals surface area contributed by atoms with Crippen molar-refractivity contribution in [2.75, 3.05) is 6.54 Å². The molecular weight excluding hydrogens is 314 g/mol. The largest absolute Gasteiger partial charge is 0.439 e. The zero-order valence-electron chi connectivity index (χ0n) is 14.2. The van der Waals surface area contributed by atoms with E-state index >= 15 is 0 Å². The van der Waals surface area contributed by atoms with Gasteiger partial charge in [-0.15, -0.1) is 0 Å².